The Hall–Kier alpha value is -2.24. The van der Waals surface area contributed by atoms with Crippen LogP contribution in [0.4, 0.5) is 0 Å². The molecule has 1 aromatic carbocycles. The summed E-state index contributed by atoms with van der Waals surface area (Å²) in [6, 6.07) is 10.1. The molecule has 0 N–H and O–H groups in total. The van der Waals surface area contributed by atoms with Crippen molar-refractivity contribution in [3.05, 3.63) is 23.8 Å². The highest BCUT2D eigenvalue weighted by Gasteiger charge is 2.14. The van der Waals surface area contributed by atoms with Gasteiger partial charge in [0.2, 0.25) is 6.79 Å². The minimum absolute atomic E-state index is 0.269. The third kappa shape index (κ3) is 3.61. The van der Waals surface area contributed by atoms with Crippen LogP contribution in [-0.2, 0) is 6.54 Å². The molecule has 0 radical (unpaired) electrons. The predicted octanol–water partition coefficient (Wildman–Crippen LogP) is 2.04. The number of hydrogen-bond acceptors (Lipinski definition) is 5. The Morgan fingerprint density at radius 3 is 2.42 bits per heavy atom. The van der Waals surface area contributed by atoms with Crippen molar-refractivity contribution >= 4 is 0 Å². The molecule has 2 rings (SSSR count). The number of nitriles is 2. The number of hydrogen-bond donors (Lipinski definition) is 0. The van der Waals surface area contributed by atoms with Crippen LogP contribution in [0.15, 0.2) is 18.2 Å². The lowest BCUT2D eigenvalue weighted by molar-refractivity contribution is 0.174. The predicted molar refractivity (Wildman–Crippen MR) is 68.3 cm³/mol. The highest BCUT2D eigenvalue weighted by atomic mass is 16.7. The summed E-state index contributed by atoms with van der Waals surface area (Å²) in [5.41, 5.74) is 1.10. The standard InChI is InChI=1S/C14H15N3O2/c15-5-1-7-17(8-2-6-16)10-12-3-4-13-14(9-12)19-11-18-13/h3-4,9H,1-2,7-8,10-11H2. The molecule has 0 spiro atoms. The van der Waals surface area contributed by atoms with Gasteiger partial charge in [-0.2, -0.15) is 10.5 Å². The highest BCUT2D eigenvalue weighted by Crippen LogP contribution is 2.32. The van der Waals surface area contributed by atoms with Gasteiger partial charge in [-0.25, -0.2) is 0 Å². The van der Waals surface area contributed by atoms with Crippen molar-refractivity contribution < 1.29 is 9.47 Å². The molecule has 1 aliphatic heterocycles. The van der Waals surface area contributed by atoms with Gasteiger partial charge >= 0.3 is 0 Å². The van der Waals surface area contributed by atoms with Crippen LogP contribution < -0.4 is 9.47 Å². The van der Waals surface area contributed by atoms with Gasteiger partial charge < -0.3 is 9.47 Å². The molecule has 0 aromatic heterocycles. The van der Waals surface area contributed by atoms with Crippen LogP contribution in [0.25, 0.3) is 0 Å². The van der Waals surface area contributed by atoms with Crippen LogP contribution in [0, 0.1) is 22.7 Å². The summed E-state index contributed by atoms with van der Waals surface area (Å²) in [6.45, 7) is 2.32. The zero-order valence-electron chi connectivity index (χ0n) is 10.6. The summed E-state index contributed by atoms with van der Waals surface area (Å²) >= 11 is 0. The summed E-state index contributed by atoms with van der Waals surface area (Å²) in [7, 11) is 0. The molecule has 0 unspecified atom stereocenters. The number of ether oxygens (including phenoxy) is 2. The fourth-order valence-electron chi connectivity index (χ4n) is 1.98. The van der Waals surface area contributed by atoms with Gasteiger partial charge in [0.15, 0.2) is 11.5 Å². The molecule has 0 bridgehead atoms. The average Bonchev–Trinajstić information content (AvgIpc) is 2.89. The first-order valence-corrected chi connectivity index (χ1v) is 6.18. The van der Waals surface area contributed by atoms with Gasteiger partial charge in [-0.3, -0.25) is 4.90 Å². The molecule has 19 heavy (non-hydrogen) atoms. The summed E-state index contributed by atoms with van der Waals surface area (Å²) in [4.78, 5) is 2.10. The molecule has 98 valence electrons. The zero-order chi connectivity index (χ0) is 13.5. The van der Waals surface area contributed by atoms with E-state index in [1.807, 2.05) is 18.2 Å². The molecule has 0 saturated heterocycles. The van der Waals surface area contributed by atoms with Crippen molar-refractivity contribution in [2.24, 2.45) is 0 Å². The van der Waals surface area contributed by atoms with E-state index >= 15 is 0 Å². The Morgan fingerprint density at radius 1 is 1.05 bits per heavy atom. The molecular formula is C14H15N3O2. The SMILES string of the molecule is N#CCCN(CCC#N)Cc1ccc2c(c1)OCO2. The minimum Gasteiger partial charge on any atom is -0.454 e. The van der Waals surface area contributed by atoms with Crippen LogP contribution in [0.5, 0.6) is 11.5 Å². The van der Waals surface area contributed by atoms with E-state index in [-0.39, 0.29) is 6.79 Å². The molecule has 0 amide bonds. The van der Waals surface area contributed by atoms with E-state index in [1.54, 1.807) is 0 Å². The van der Waals surface area contributed by atoms with E-state index in [9.17, 15) is 0 Å². The van der Waals surface area contributed by atoms with Crippen LogP contribution in [0.1, 0.15) is 18.4 Å². The Kier molecular flexibility index (Phi) is 4.60. The number of fused-ring (bicyclic) bond motifs is 1. The third-order valence-electron chi connectivity index (χ3n) is 2.92. The van der Waals surface area contributed by atoms with E-state index < -0.39 is 0 Å². The Balaban J connectivity index is 1.99. The topological polar surface area (TPSA) is 69.3 Å². The van der Waals surface area contributed by atoms with E-state index in [0.29, 0.717) is 32.5 Å². The monoisotopic (exact) mass is 257 g/mol. The summed E-state index contributed by atoms with van der Waals surface area (Å²) in [5.74, 6) is 1.53. The van der Waals surface area contributed by atoms with Crippen molar-refractivity contribution in [3.8, 4) is 23.6 Å². The Labute approximate surface area is 112 Å². The molecule has 0 fully saturated rings. The Morgan fingerprint density at radius 2 is 1.74 bits per heavy atom. The van der Waals surface area contributed by atoms with Crippen LogP contribution in [0.2, 0.25) is 0 Å². The van der Waals surface area contributed by atoms with Crippen molar-refractivity contribution in [1.29, 1.82) is 10.5 Å². The smallest absolute Gasteiger partial charge is 0.231 e. The second-order valence-corrected chi connectivity index (χ2v) is 4.28. The van der Waals surface area contributed by atoms with Gasteiger partial charge in [0.25, 0.3) is 0 Å². The van der Waals surface area contributed by atoms with Gasteiger partial charge in [0, 0.05) is 32.5 Å². The highest BCUT2D eigenvalue weighted by molar-refractivity contribution is 5.44. The zero-order valence-corrected chi connectivity index (χ0v) is 10.6. The fourth-order valence-corrected chi connectivity index (χ4v) is 1.98. The second kappa shape index (κ2) is 6.63. The number of rotatable bonds is 6. The lowest BCUT2D eigenvalue weighted by atomic mass is 10.2. The molecule has 0 saturated carbocycles. The van der Waals surface area contributed by atoms with E-state index in [0.717, 1.165) is 17.1 Å². The average molecular weight is 257 g/mol. The summed E-state index contributed by atoms with van der Waals surface area (Å²) < 4.78 is 10.6. The third-order valence-corrected chi connectivity index (χ3v) is 2.92. The molecular weight excluding hydrogens is 242 g/mol. The van der Waals surface area contributed by atoms with E-state index in [1.165, 1.54) is 0 Å². The largest absolute Gasteiger partial charge is 0.454 e. The summed E-state index contributed by atoms with van der Waals surface area (Å²) in [5, 5.41) is 17.3. The van der Waals surface area contributed by atoms with Crippen molar-refractivity contribution in [2.45, 2.75) is 19.4 Å². The lowest BCUT2D eigenvalue weighted by Gasteiger charge is -2.19. The first-order valence-electron chi connectivity index (χ1n) is 6.18. The van der Waals surface area contributed by atoms with Gasteiger partial charge in [0.1, 0.15) is 0 Å². The summed E-state index contributed by atoms with van der Waals surface area (Å²) in [6.07, 6.45) is 0.936. The molecule has 5 heteroatoms. The molecule has 1 heterocycles. The van der Waals surface area contributed by atoms with Gasteiger partial charge in [-0.05, 0) is 17.7 Å². The maximum atomic E-state index is 8.66. The quantitative estimate of drug-likeness (QED) is 0.780. The lowest BCUT2D eigenvalue weighted by Crippen LogP contribution is -2.25. The van der Waals surface area contributed by atoms with Gasteiger partial charge in [-0.15, -0.1) is 0 Å². The molecule has 0 aliphatic carbocycles. The first-order chi connectivity index (χ1) is 9.33. The molecule has 1 aliphatic rings. The number of nitrogens with zero attached hydrogens (tertiary/aromatic N) is 3. The van der Waals surface area contributed by atoms with Crippen LogP contribution in [-0.4, -0.2) is 24.8 Å². The maximum Gasteiger partial charge on any atom is 0.231 e. The minimum atomic E-state index is 0.269. The normalized spacial score (nSPS) is 12.2. The molecule has 5 nitrogen and oxygen atoms in total. The number of benzene rings is 1. The van der Waals surface area contributed by atoms with E-state index in [4.69, 9.17) is 20.0 Å². The second-order valence-electron chi connectivity index (χ2n) is 4.28. The van der Waals surface area contributed by atoms with Gasteiger partial charge in [-0.1, -0.05) is 6.07 Å². The molecule has 0 atom stereocenters. The fraction of sp³-hybridized carbons (Fsp3) is 0.429. The molecule has 1 aromatic rings. The van der Waals surface area contributed by atoms with Crippen molar-refractivity contribution in [1.82, 2.24) is 4.90 Å². The van der Waals surface area contributed by atoms with Crippen molar-refractivity contribution in [2.75, 3.05) is 19.9 Å². The Bertz CT molecular complexity index is 498. The van der Waals surface area contributed by atoms with Crippen LogP contribution in [0.3, 0.4) is 0 Å². The maximum absolute atomic E-state index is 8.66. The first kappa shape index (κ1) is 13.2. The van der Waals surface area contributed by atoms with Crippen LogP contribution >= 0.6 is 0 Å². The van der Waals surface area contributed by atoms with E-state index in [2.05, 4.69) is 17.0 Å². The van der Waals surface area contributed by atoms with Gasteiger partial charge in [0.05, 0.1) is 12.1 Å². The van der Waals surface area contributed by atoms with Crippen molar-refractivity contribution in [3.63, 3.8) is 0 Å².